The molecular weight excluding hydrogens is 354 g/mol. The van der Waals surface area contributed by atoms with Gasteiger partial charge in [-0.1, -0.05) is 23.7 Å². The Morgan fingerprint density at radius 2 is 2.12 bits per heavy atom. The monoisotopic (exact) mass is 371 g/mol. The molecule has 0 aliphatic heterocycles. The number of ether oxygens (including phenoxy) is 1. The van der Waals surface area contributed by atoms with Crippen molar-refractivity contribution in [2.75, 3.05) is 11.9 Å². The number of nitrogens with one attached hydrogen (secondary N) is 1. The minimum atomic E-state index is -0.543. The van der Waals surface area contributed by atoms with Gasteiger partial charge in [0.05, 0.1) is 29.9 Å². The molecule has 3 aromatic rings. The van der Waals surface area contributed by atoms with Crippen LogP contribution in [0.2, 0.25) is 5.02 Å². The first kappa shape index (κ1) is 17.8. The van der Waals surface area contributed by atoms with E-state index in [-0.39, 0.29) is 0 Å². The molecule has 0 bridgehead atoms. The van der Waals surface area contributed by atoms with Gasteiger partial charge in [-0.15, -0.1) is 0 Å². The van der Waals surface area contributed by atoms with E-state index < -0.39 is 5.91 Å². The molecule has 0 saturated heterocycles. The molecule has 3 N–H and O–H groups in total. The molecule has 134 valence electrons. The van der Waals surface area contributed by atoms with Crippen LogP contribution in [0.1, 0.15) is 23.2 Å². The predicted molar refractivity (Wildman–Crippen MR) is 100 cm³/mol. The first-order valence-corrected chi connectivity index (χ1v) is 8.46. The summed E-state index contributed by atoms with van der Waals surface area (Å²) in [5.74, 6) is 1.08. The highest BCUT2D eigenvalue weighted by Gasteiger charge is 2.12. The van der Waals surface area contributed by atoms with Crippen LogP contribution in [0.4, 0.5) is 5.69 Å². The van der Waals surface area contributed by atoms with Gasteiger partial charge in [0.2, 0.25) is 5.89 Å². The molecule has 26 heavy (non-hydrogen) atoms. The van der Waals surface area contributed by atoms with E-state index in [1.54, 1.807) is 30.5 Å². The lowest BCUT2D eigenvalue weighted by Gasteiger charge is -2.11. The standard InChI is InChI=1S/C19H18ClN3O3/c1-2-25-12-7-8-16(14(9-12)19(21)24)22-11-18-23-10-17(26-18)13-5-3-4-6-15(13)20/h3-10,22H,2,11H2,1H3,(H2,21,24). The van der Waals surface area contributed by atoms with Gasteiger partial charge >= 0.3 is 0 Å². The van der Waals surface area contributed by atoms with Crippen molar-refractivity contribution in [2.24, 2.45) is 5.73 Å². The summed E-state index contributed by atoms with van der Waals surface area (Å²) >= 11 is 6.17. The topological polar surface area (TPSA) is 90.4 Å². The van der Waals surface area contributed by atoms with Gasteiger partial charge < -0.3 is 20.2 Å². The molecule has 3 rings (SSSR count). The second kappa shape index (κ2) is 7.93. The Bertz CT molecular complexity index is 924. The minimum Gasteiger partial charge on any atom is -0.494 e. The van der Waals surface area contributed by atoms with E-state index in [0.29, 0.717) is 46.8 Å². The third-order valence-electron chi connectivity index (χ3n) is 3.69. The van der Waals surface area contributed by atoms with Crippen LogP contribution < -0.4 is 15.8 Å². The number of amides is 1. The normalized spacial score (nSPS) is 10.5. The Kier molecular flexibility index (Phi) is 5.43. The number of benzene rings is 2. The maximum atomic E-state index is 11.7. The van der Waals surface area contributed by atoms with Gasteiger partial charge in [0.15, 0.2) is 5.76 Å². The average Bonchev–Trinajstić information content (AvgIpc) is 3.10. The van der Waals surface area contributed by atoms with Gasteiger partial charge in [-0.3, -0.25) is 4.79 Å². The van der Waals surface area contributed by atoms with E-state index in [1.807, 2.05) is 25.1 Å². The smallest absolute Gasteiger partial charge is 0.250 e. The third kappa shape index (κ3) is 3.97. The van der Waals surface area contributed by atoms with Crippen LogP contribution in [0.3, 0.4) is 0 Å². The van der Waals surface area contributed by atoms with Crippen molar-refractivity contribution in [1.82, 2.24) is 4.98 Å². The number of carbonyl (C=O) groups is 1. The summed E-state index contributed by atoms with van der Waals surface area (Å²) in [4.78, 5) is 15.9. The zero-order valence-corrected chi connectivity index (χ0v) is 14.9. The fourth-order valence-electron chi connectivity index (χ4n) is 2.49. The number of hydrogen-bond donors (Lipinski definition) is 2. The van der Waals surface area contributed by atoms with Crippen LogP contribution in [0.5, 0.6) is 5.75 Å². The van der Waals surface area contributed by atoms with Gasteiger partial charge in [0.25, 0.3) is 5.91 Å². The van der Waals surface area contributed by atoms with Gasteiger partial charge in [-0.2, -0.15) is 0 Å². The van der Waals surface area contributed by atoms with Crippen LogP contribution in [-0.4, -0.2) is 17.5 Å². The van der Waals surface area contributed by atoms with Gasteiger partial charge in [-0.25, -0.2) is 4.98 Å². The number of nitrogens with zero attached hydrogens (tertiary/aromatic N) is 1. The molecule has 0 atom stereocenters. The zero-order valence-electron chi connectivity index (χ0n) is 14.2. The Balaban J connectivity index is 1.76. The van der Waals surface area contributed by atoms with Crippen molar-refractivity contribution in [2.45, 2.75) is 13.5 Å². The van der Waals surface area contributed by atoms with Crippen molar-refractivity contribution in [3.63, 3.8) is 0 Å². The van der Waals surface area contributed by atoms with Gasteiger partial charge in [0, 0.05) is 11.3 Å². The maximum absolute atomic E-state index is 11.7. The Hall–Kier alpha value is -2.99. The van der Waals surface area contributed by atoms with Crippen molar-refractivity contribution in [3.8, 4) is 17.1 Å². The summed E-state index contributed by atoms with van der Waals surface area (Å²) in [6.45, 7) is 2.67. The number of oxazole rings is 1. The molecule has 0 aliphatic carbocycles. The first-order chi connectivity index (χ1) is 12.6. The van der Waals surface area contributed by atoms with E-state index in [2.05, 4.69) is 10.3 Å². The SMILES string of the molecule is CCOc1ccc(NCc2ncc(-c3ccccc3Cl)o2)c(C(N)=O)c1. The molecule has 0 radical (unpaired) electrons. The van der Waals surface area contributed by atoms with E-state index >= 15 is 0 Å². The fraction of sp³-hybridized carbons (Fsp3) is 0.158. The average molecular weight is 372 g/mol. The zero-order chi connectivity index (χ0) is 18.5. The highest BCUT2D eigenvalue weighted by atomic mass is 35.5. The summed E-state index contributed by atoms with van der Waals surface area (Å²) in [5.41, 5.74) is 7.15. The minimum absolute atomic E-state index is 0.290. The quantitative estimate of drug-likeness (QED) is 0.652. The molecule has 0 fully saturated rings. The summed E-state index contributed by atoms with van der Waals surface area (Å²) in [5, 5.41) is 3.70. The molecule has 0 spiro atoms. The molecule has 0 saturated carbocycles. The number of halogens is 1. The molecule has 1 amide bonds. The Labute approximate surface area is 155 Å². The van der Waals surface area contributed by atoms with Crippen LogP contribution in [0.15, 0.2) is 53.1 Å². The highest BCUT2D eigenvalue weighted by molar-refractivity contribution is 6.33. The number of primary amides is 1. The lowest BCUT2D eigenvalue weighted by molar-refractivity contribution is 0.100. The van der Waals surface area contributed by atoms with Crippen LogP contribution >= 0.6 is 11.6 Å². The number of anilines is 1. The van der Waals surface area contributed by atoms with E-state index in [4.69, 9.17) is 26.5 Å². The summed E-state index contributed by atoms with van der Waals surface area (Å²) < 4.78 is 11.1. The predicted octanol–water partition coefficient (Wildman–Crippen LogP) is 4.10. The number of nitrogens with two attached hydrogens (primary N) is 1. The lowest BCUT2D eigenvalue weighted by Crippen LogP contribution is -2.14. The van der Waals surface area contributed by atoms with Crippen LogP contribution in [0, 0.1) is 0 Å². The van der Waals surface area contributed by atoms with Gasteiger partial charge in [-0.05, 0) is 37.3 Å². The number of aromatic nitrogens is 1. The van der Waals surface area contributed by atoms with E-state index in [1.165, 1.54) is 0 Å². The van der Waals surface area contributed by atoms with Gasteiger partial charge in [0.1, 0.15) is 5.75 Å². The first-order valence-electron chi connectivity index (χ1n) is 8.08. The molecule has 2 aromatic carbocycles. The summed E-state index contributed by atoms with van der Waals surface area (Å²) in [7, 11) is 0. The van der Waals surface area contributed by atoms with Crippen LogP contribution in [0.25, 0.3) is 11.3 Å². The van der Waals surface area contributed by atoms with Crippen molar-refractivity contribution < 1.29 is 13.9 Å². The van der Waals surface area contributed by atoms with E-state index in [0.717, 1.165) is 5.56 Å². The van der Waals surface area contributed by atoms with E-state index in [9.17, 15) is 4.79 Å². The Morgan fingerprint density at radius 3 is 2.85 bits per heavy atom. The molecule has 0 unspecified atom stereocenters. The molecular formula is C19H18ClN3O3. The highest BCUT2D eigenvalue weighted by Crippen LogP contribution is 2.28. The fourth-order valence-corrected chi connectivity index (χ4v) is 2.72. The molecule has 7 heteroatoms. The summed E-state index contributed by atoms with van der Waals surface area (Å²) in [6, 6.07) is 12.5. The second-order valence-corrected chi connectivity index (χ2v) is 5.86. The maximum Gasteiger partial charge on any atom is 0.250 e. The number of rotatable bonds is 7. The van der Waals surface area contributed by atoms with Crippen molar-refractivity contribution in [1.29, 1.82) is 0 Å². The molecule has 1 aromatic heterocycles. The summed E-state index contributed by atoms with van der Waals surface area (Å²) in [6.07, 6.45) is 1.62. The largest absolute Gasteiger partial charge is 0.494 e. The van der Waals surface area contributed by atoms with Crippen molar-refractivity contribution in [3.05, 3.63) is 65.1 Å². The molecule has 1 heterocycles. The van der Waals surface area contributed by atoms with Crippen LogP contribution in [-0.2, 0) is 6.54 Å². The molecule has 6 nitrogen and oxygen atoms in total. The van der Waals surface area contributed by atoms with Crippen molar-refractivity contribution >= 4 is 23.2 Å². The molecule has 0 aliphatic rings. The number of hydrogen-bond acceptors (Lipinski definition) is 5. The lowest BCUT2D eigenvalue weighted by atomic mass is 10.1. The second-order valence-electron chi connectivity index (χ2n) is 5.46. The third-order valence-corrected chi connectivity index (χ3v) is 4.02. The Morgan fingerprint density at radius 1 is 1.31 bits per heavy atom. The number of carbonyl (C=O) groups excluding carboxylic acids is 1.